The lowest BCUT2D eigenvalue weighted by Crippen LogP contribution is -2.49. The van der Waals surface area contributed by atoms with Crippen LogP contribution in [0.25, 0.3) is 0 Å². The van der Waals surface area contributed by atoms with Crippen LogP contribution in [-0.2, 0) is 9.53 Å². The lowest BCUT2D eigenvalue weighted by atomic mass is 9.81. The van der Waals surface area contributed by atoms with Crippen molar-refractivity contribution in [2.24, 2.45) is 0 Å². The zero-order valence-electron chi connectivity index (χ0n) is 19.4. The summed E-state index contributed by atoms with van der Waals surface area (Å²) in [6.07, 6.45) is 2.20. The number of nitrogens with zero attached hydrogens (tertiary/aromatic N) is 2. The van der Waals surface area contributed by atoms with Gasteiger partial charge in [0.25, 0.3) is 5.91 Å². The number of benzene rings is 1. The van der Waals surface area contributed by atoms with Crippen molar-refractivity contribution < 1.29 is 14.3 Å². The van der Waals surface area contributed by atoms with Crippen molar-refractivity contribution in [3.8, 4) is 0 Å². The Morgan fingerprint density at radius 2 is 1.88 bits per heavy atom. The highest BCUT2D eigenvalue weighted by Crippen LogP contribution is 2.44. The van der Waals surface area contributed by atoms with Gasteiger partial charge in [-0.1, -0.05) is 38.1 Å². The Bertz CT molecular complexity index is 865. The minimum absolute atomic E-state index is 0.0290. The number of thiophene rings is 1. The number of ether oxygens (including phenoxy) is 1. The van der Waals surface area contributed by atoms with Crippen LogP contribution in [0.2, 0.25) is 0 Å². The molecular formula is C25H35N3O3S. The van der Waals surface area contributed by atoms with E-state index in [4.69, 9.17) is 4.74 Å². The standard InChI is InChI=1S/C25H35N3O3S/c1-4-13-27(14-5-2)15-12-26-24(29)22-19-9-6-7-10-20(19)25(30)28(16-17-31-3)23(22)21-11-8-18-32-21/h6-11,18,22-23H,4-5,12-17H2,1-3H3,(H,26,29)/t22-,23+/m1/s1. The summed E-state index contributed by atoms with van der Waals surface area (Å²) in [7, 11) is 1.63. The number of carbonyl (C=O) groups is 2. The van der Waals surface area contributed by atoms with Gasteiger partial charge in [0, 0.05) is 37.2 Å². The zero-order valence-corrected chi connectivity index (χ0v) is 20.2. The summed E-state index contributed by atoms with van der Waals surface area (Å²) in [5.74, 6) is -0.527. The molecule has 2 amide bonds. The average molecular weight is 458 g/mol. The molecule has 3 rings (SSSR count). The summed E-state index contributed by atoms with van der Waals surface area (Å²) in [5, 5.41) is 5.18. The SMILES string of the molecule is CCCN(CCC)CCNC(=O)[C@@H]1c2ccccc2C(=O)N(CCOC)[C@H]1c1cccs1. The lowest BCUT2D eigenvalue weighted by Gasteiger charge is -2.41. The van der Waals surface area contributed by atoms with Crippen molar-refractivity contribution in [3.05, 3.63) is 57.8 Å². The second-order valence-corrected chi connectivity index (χ2v) is 9.13. The van der Waals surface area contributed by atoms with E-state index >= 15 is 0 Å². The van der Waals surface area contributed by atoms with Crippen molar-refractivity contribution in [2.45, 2.75) is 38.6 Å². The minimum Gasteiger partial charge on any atom is -0.383 e. The second kappa shape index (κ2) is 12.1. The highest BCUT2D eigenvalue weighted by molar-refractivity contribution is 7.10. The van der Waals surface area contributed by atoms with E-state index in [1.54, 1.807) is 18.4 Å². The first kappa shape index (κ1) is 24.4. The number of carbonyl (C=O) groups excluding carboxylic acids is 2. The number of hydrogen-bond acceptors (Lipinski definition) is 5. The quantitative estimate of drug-likeness (QED) is 0.525. The van der Waals surface area contributed by atoms with Gasteiger partial charge in [-0.2, -0.15) is 0 Å². The fourth-order valence-corrected chi connectivity index (χ4v) is 5.38. The van der Waals surface area contributed by atoms with Gasteiger partial charge in [-0.25, -0.2) is 0 Å². The van der Waals surface area contributed by atoms with Crippen LogP contribution in [0, 0.1) is 0 Å². The highest BCUT2D eigenvalue weighted by Gasteiger charge is 2.44. The molecule has 2 atom stereocenters. The predicted octanol–water partition coefficient (Wildman–Crippen LogP) is 3.91. The van der Waals surface area contributed by atoms with Gasteiger partial charge in [0.05, 0.1) is 18.6 Å². The molecule has 1 aliphatic rings. The summed E-state index contributed by atoms with van der Waals surface area (Å²) in [4.78, 5) is 32.2. The first-order valence-corrected chi connectivity index (χ1v) is 12.4. The molecule has 0 fully saturated rings. The predicted molar refractivity (Wildman–Crippen MR) is 129 cm³/mol. The molecule has 1 aromatic heterocycles. The smallest absolute Gasteiger partial charge is 0.254 e. The van der Waals surface area contributed by atoms with E-state index in [1.165, 1.54) is 0 Å². The molecule has 7 heteroatoms. The maximum absolute atomic E-state index is 13.6. The summed E-state index contributed by atoms with van der Waals surface area (Å²) in [6, 6.07) is 11.2. The molecule has 2 heterocycles. The zero-order chi connectivity index (χ0) is 22.9. The van der Waals surface area contributed by atoms with Crippen LogP contribution in [0.5, 0.6) is 0 Å². The van der Waals surface area contributed by atoms with Gasteiger partial charge in [0.1, 0.15) is 0 Å². The first-order valence-electron chi connectivity index (χ1n) is 11.5. The van der Waals surface area contributed by atoms with Crippen molar-refractivity contribution in [1.29, 1.82) is 0 Å². The third kappa shape index (κ3) is 5.57. The van der Waals surface area contributed by atoms with Crippen LogP contribution in [0.1, 0.15) is 59.4 Å². The van der Waals surface area contributed by atoms with Gasteiger partial charge in [-0.05, 0) is 49.0 Å². The fourth-order valence-electron chi connectivity index (χ4n) is 4.50. The molecule has 1 N–H and O–H groups in total. The van der Waals surface area contributed by atoms with Crippen LogP contribution < -0.4 is 5.32 Å². The minimum atomic E-state index is -0.454. The van der Waals surface area contributed by atoms with E-state index < -0.39 is 5.92 Å². The third-order valence-electron chi connectivity index (χ3n) is 5.90. The van der Waals surface area contributed by atoms with Crippen LogP contribution in [0.4, 0.5) is 0 Å². The molecule has 32 heavy (non-hydrogen) atoms. The van der Waals surface area contributed by atoms with Gasteiger partial charge in [0.15, 0.2) is 0 Å². The molecule has 174 valence electrons. The normalized spacial score (nSPS) is 18.1. The maximum Gasteiger partial charge on any atom is 0.254 e. The number of hydrogen-bond donors (Lipinski definition) is 1. The Balaban J connectivity index is 1.88. The summed E-state index contributed by atoms with van der Waals surface area (Å²) in [5.41, 5.74) is 1.41. The van der Waals surface area contributed by atoms with Crippen LogP contribution in [0.15, 0.2) is 41.8 Å². The van der Waals surface area contributed by atoms with Gasteiger partial charge in [-0.3, -0.25) is 9.59 Å². The van der Waals surface area contributed by atoms with Gasteiger partial charge in [-0.15, -0.1) is 11.3 Å². The van der Waals surface area contributed by atoms with Gasteiger partial charge < -0.3 is 19.9 Å². The van der Waals surface area contributed by atoms with Crippen LogP contribution >= 0.6 is 11.3 Å². The molecule has 0 saturated carbocycles. The Kier molecular flexibility index (Phi) is 9.26. The molecule has 0 bridgehead atoms. The fraction of sp³-hybridized carbons (Fsp3) is 0.520. The van der Waals surface area contributed by atoms with E-state index in [-0.39, 0.29) is 17.9 Å². The van der Waals surface area contributed by atoms with E-state index in [1.807, 2.05) is 46.7 Å². The van der Waals surface area contributed by atoms with Crippen molar-refractivity contribution in [2.75, 3.05) is 46.4 Å². The summed E-state index contributed by atoms with van der Waals surface area (Å²) >= 11 is 1.58. The van der Waals surface area contributed by atoms with E-state index in [9.17, 15) is 9.59 Å². The van der Waals surface area contributed by atoms with Crippen molar-refractivity contribution >= 4 is 23.2 Å². The Morgan fingerprint density at radius 1 is 1.12 bits per heavy atom. The van der Waals surface area contributed by atoms with E-state index in [0.717, 1.165) is 42.9 Å². The largest absolute Gasteiger partial charge is 0.383 e. The summed E-state index contributed by atoms with van der Waals surface area (Å²) < 4.78 is 5.28. The molecule has 2 aromatic rings. The maximum atomic E-state index is 13.6. The van der Waals surface area contributed by atoms with E-state index in [0.29, 0.717) is 25.3 Å². The Morgan fingerprint density at radius 3 is 2.53 bits per heavy atom. The molecule has 0 saturated heterocycles. The van der Waals surface area contributed by atoms with Crippen LogP contribution in [-0.4, -0.2) is 68.1 Å². The molecule has 6 nitrogen and oxygen atoms in total. The lowest BCUT2D eigenvalue weighted by molar-refractivity contribution is -0.124. The molecule has 0 aliphatic carbocycles. The number of nitrogens with one attached hydrogen (secondary N) is 1. The third-order valence-corrected chi connectivity index (χ3v) is 6.84. The molecule has 1 aliphatic heterocycles. The Labute approximate surface area is 195 Å². The number of fused-ring (bicyclic) bond motifs is 1. The molecule has 0 unspecified atom stereocenters. The van der Waals surface area contributed by atoms with Crippen LogP contribution in [0.3, 0.4) is 0 Å². The first-order chi connectivity index (χ1) is 15.6. The van der Waals surface area contributed by atoms with Gasteiger partial charge >= 0.3 is 0 Å². The second-order valence-electron chi connectivity index (χ2n) is 8.15. The number of amides is 2. The van der Waals surface area contributed by atoms with Crippen molar-refractivity contribution in [3.63, 3.8) is 0 Å². The topological polar surface area (TPSA) is 61.9 Å². The summed E-state index contributed by atoms with van der Waals surface area (Å²) in [6.45, 7) is 8.72. The van der Waals surface area contributed by atoms with Crippen molar-refractivity contribution in [1.82, 2.24) is 15.1 Å². The molecule has 1 aromatic carbocycles. The van der Waals surface area contributed by atoms with E-state index in [2.05, 4.69) is 24.1 Å². The monoisotopic (exact) mass is 457 g/mol. The molecular weight excluding hydrogens is 422 g/mol. The molecule has 0 radical (unpaired) electrons. The molecule has 0 spiro atoms. The average Bonchev–Trinajstić information content (AvgIpc) is 3.33. The number of rotatable bonds is 12. The Hall–Kier alpha value is -2.22. The highest BCUT2D eigenvalue weighted by atomic mass is 32.1. The number of methoxy groups -OCH3 is 1. The van der Waals surface area contributed by atoms with Gasteiger partial charge in [0.2, 0.25) is 5.91 Å².